The molecular formula is C12H21N3O3. The first-order valence-electron chi connectivity index (χ1n) is 6.36. The highest BCUT2D eigenvalue weighted by molar-refractivity contribution is 5.80. The van der Waals surface area contributed by atoms with Crippen LogP contribution in [0.2, 0.25) is 0 Å². The van der Waals surface area contributed by atoms with Gasteiger partial charge in [0.25, 0.3) is 0 Å². The SMILES string of the molecule is CC(C)(C)OC(=O)N1CCCN2CC(=O)NC2C1. The summed E-state index contributed by atoms with van der Waals surface area (Å²) in [4.78, 5) is 27.1. The smallest absolute Gasteiger partial charge is 0.410 e. The fraction of sp³-hybridized carbons (Fsp3) is 0.833. The summed E-state index contributed by atoms with van der Waals surface area (Å²) in [5.41, 5.74) is -0.484. The summed E-state index contributed by atoms with van der Waals surface area (Å²) >= 11 is 0. The molecule has 18 heavy (non-hydrogen) atoms. The van der Waals surface area contributed by atoms with E-state index < -0.39 is 5.60 Å². The Morgan fingerprint density at radius 3 is 2.78 bits per heavy atom. The maximum atomic E-state index is 12.0. The molecule has 2 fully saturated rings. The minimum absolute atomic E-state index is 0.0334. The largest absolute Gasteiger partial charge is 0.444 e. The first-order valence-corrected chi connectivity index (χ1v) is 6.36. The van der Waals surface area contributed by atoms with E-state index in [1.54, 1.807) is 4.90 Å². The molecule has 1 N–H and O–H groups in total. The van der Waals surface area contributed by atoms with Gasteiger partial charge in [0.05, 0.1) is 13.1 Å². The second-order valence-corrected chi connectivity index (χ2v) is 5.83. The van der Waals surface area contributed by atoms with E-state index in [0.717, 1.165) is 13.0 Å². The highest BCUT2D eigenvalue weighted by Crippen LogP contribution is 2.15. The van der Waals surface area contributed by atoms with Gasteiger partial charge >= 0.3 is 6.09 Å². The Labute approximate surface area is 107 Å². The molecule has 2 aliphatic rings. The first-order chi connectivity index (χ1) is 8.35. The Hall–Kier alpha value is -1.30. The lowest BCUT2D eigenvalue weighted by Crippen LogP contribution is -2.46. The average molecular weight is 255 g/mol. The molecule has 2 aliphatic heterocycles. The number of nitrogens with zero attached hydrogens (tertiary/aromatic N) is 2. The molecule has 0 aromatic carbocycles. The zero-order valence-electron chi connectivity index (χ0n) is 11.2. The van der Waals surface area contributed by atoms with Gasteiger partial charge in [0.1, 0.15) is 11.8 Å². The van der Waals surface area contributed by atoms with Crippen LogP contribution in [0.15, 0.2) is 0 Å². The second-order valence-electron chi connectivity index (χ2n) is 5.83. The zero-order chi connectivity index (χ0) is 13.3. The molecule has 0 radical (unpaired) electrons. The van der Waals surface area contributed by atoms with E-state index in [-0.39, 0.29) is 18.2 Å². The van der Waals surface area contributed by atoms with Gasteiger partial charge in [-0.25, -0.2) is 4.79 Å². The number of ether oxygens (including phenoxy) is 1. The zero-order valence-corrected chi connectivity index (χ0v) is 11.2. The van der Waals surface area contributed by atoms with Crippen LogP contribution in [0.5, 0.6) is 0 Å². The van der Waals surface area contributed by atoms with Crippen molar-refractivity contribution in [3.63, 3.8) is 0 Å². The Kier molecular flexibility index (Phi) is 3.47. The van der Waals surface area contributed by atoms with Crippen LogP contribution in [0.1, 0.15) is 27.2 Å². The summed E-state index contributed by atoms with van der Waals surface area (Å²) in [6.07, 6.45) is 0.503. The third-order valence-electron chi connectivity index (χ3n) is 3.03. The van der Waals surface area contributed by atoms with Crippen molar-refractivity contribution in [2.24, 2.45) is 0 Å². The van der Waals surface area contributed by atoms with Gasteiger partial charge in [0, 0.05) is 13.1 Å². The average Bonchev–Trinajstić information content (AvgIpc) is 2.43. The molecule has 0 spiro atoms. The van der Waals surface area contributed by atoms with Gasteiger partial charge < -0.3 is 15.0 Å². The highest BCUT2D eigenvalue weighted by atomic mass is 16.6. The van der Waals surface area contributed by atoms with Crippen molar-refractivity contribution in [1.82, 2.24) is 15.1 Å². The molecule has 0 aliphatic carbocycles. The lowest BCUT2D eigenvalue weighted by molar-refractivity contribution is -0.118. The van der Waals surface area contributed by atoms with Crippen LogP contribution in [0.4, 0.5) is 4.79 Å². The minimum atomic E-state index is -0.484. The maximum Gasteiger partial charge on any atom is 0.410 e. The molecule has 0 aromatic rings. The predicted molar refractivity (Wildman–Crippen MR) is 65.9 cm³/mol. The van der Waals surface area contributed by atoms with E-state index in [0.29, 0.717) is 19.6 Å². The van der Waals surface area contributed by atoms with Crippen LogP contribution in [0.3, 0.4) is 0 Å². The van der Waals surface area contributed by atoms with Crippen molar-refractivity contribution in [2.45, 2.75) is 39.0 Å². The Bertz CT molecular complexity index is 351. The van der Waals surface area contributed by atoms with Crippen LogP contribution in [-0.2, 0) is 9.53 Å². The van der Waals surface area contributed by atoms with Crippen LogP contribution < -0.4 is 5.32 Å². The van der Waals surface area contributed by atoms with Crippen LogP contribution in [0, 0.1) is 0 Å². The number of carbonyl (C=O) groups is 2. The van der Waals surface area contributed by atoms with Gasteiger partial charge in [-0.2, -0.15) is 0 Å². The van der Waals surface area contributed by atoms with Gasteiger partial charge in [-0.05, 0) is 27.2 Å². The third kappa shape index (κ3) is 3.13. The predicted octanol–water partition coefficient (Wildman–Crippen LogP) is 0.385. The minimum Gasteiger partial charge on any atom is -0.444 e. The highest BCUT2D eigenvalue weighted by Gasteiger charge is 2.35. The topological polar surface area (TPSA) is 61.9 Å². The van der Waals surface area contributed by atoms with Gasteiger partial charge in [0.15, 0.2) is 0 Å². The molecule has 0 bridgehead atoms. The molecular weight excluding hydrogens is 234 g/mol. The maximum absolute atomic E-state index is 12.0. The lowest BCUT2D eigenvalue weighted by atomic mass is 10.2. The molecule has 2 amide bonds. The summed E-state index contributed by atoms with van der Waals surface area (Å²) in [6.45, 7) is 8.01. The Balaban J connectivity index is 1.98. The number of fused-ring (bicyclic) bond motifs is 1. The first kappa shape index (κ1) is 13.1. The normalized spacial score (nSPS) is 25.4. The van der Waals surface area contributed by atoms with E-state index >= 15 is 0 Å². The van der Waals surface area contributed by atoms with Gasteiger partial charge in [-0.15, -0.1) is 0 Å². The van der Waals surface area contributed by atoms with Crippen molar-refractivity contribution in [3.05, 3.63) is 0 Å². The number of hydrogen-bond donors (Lipinski definition) is 1. The third-order valence-corrected chi connectivity index (χ3v) is 3.03. The van der Waals surface area contributed by atoms with Crippen molar-refractivity contribution in [3.8, 4) is 0 Å². The van der Waals surface area contributed by atoms with Crippen molar-refractivity contribution < 1.29 is 14.3 Å². The molecule has 6 nitrogen and oxygen atoms in total. The van der Waals surface area contributed by atoms with Crippen LogP contribution in [0.25, 0.3) is 0 Å². The number of nitrogens with one attached hydrogen (secondary N) is 1. The van der Waals surface area contributed by atoms with E-state index in [1.807, 2.05) is 20.8 Å². The van der Waals surface area contributed by atoms with Crippen molar-refractivity contribution >= 4 is 12.0 Å². The summed E-state index contributed by atoms with van der Waals surface area (Å²) < 4.78 is 5.36. The number of rotatable bonds is 0. The van der Waals surface area contributed by atoms with Gasteiger partial charge in [0.2, 0.25) is 5.91 Å². The molecule has 102 valence electrons. The number of hydrogen-bond acceptors (Lipinski definition) is 4. The van der Waals surface area contributed by atoms with Crippen molar-refractivity contribution in [1.29, 1.82) is 0 Å². The van der Waals surface area contributed by atoms with E-state index in [1.165, 1.54) is 0 Å². The van der Waals surface area contributed by atoms with Crippen molar-refractivity contribution in [2.75, 3.05) is 26.2 Å². The van der Waals surface area contributed by atoms with Gasteiger partial charge in [-0.3, -0.25) is 9.69 Å². The Morgan fingerprint density at radius 2 is 2.11 bits per heavy atom. The quantitative estimate of drug-likeness (QED) is 0.680. The van der Waals surface area contributed by atoms with Crippen LogP contribution in [-0.4, -0.2) is 59.7 Å². The standard InChI is InChI=1S/C12H21N3O3/c1-12(2,3)18-11(17)15-6-4-5-14-8-10(16)13-9(14)7-15/h9H,4-8H2,1-3H3,(H,13,16). The van der Waals surface area contributed by atoms with E-state index in [2.05, 4.69) is 10.2 Å². The summed E-state index contributed by atoms with van der Waals surface area (Å²) in [5, 5.41) is 2.88. The fourth-order valence-corrected chi connectivity index (χ4v) is 2.27. The van der Waals surface area contributed by atoms with Crippen LogP contribution >= 0.6 is 0 Å². The van der Waals surface area contributed by atoms with E-state index in [9.17, 15) is 9.59 Å². The molecule has 1 unspecified atom stereocenters. The molecule has 0 aromatic heterocycles. The molecule has 1 atom stereocenters. The molecule has 2 heterocycles. The van der Waals surface area contributed by atoms with E-state index in [4.69, 9.17) is 4.74 Å². The van der Waals surface area contributed by atoms with Gasteiger partial charge in [-0.1, -0.05) is 0 Å². The number of carbonyl (C=O) groups excluding carboxylic acids is 2. The number of amides is 2. The molecule has 6 heteroatoms. The summed E-state index contributed by atoms with van der Waals surface area (Å²) in [5.74, 6) is 0.0334. The second kappa shape index (κ2) is 4.76. The Morgan fingerprint density at radius 1 is 1.39 bits per heavy atom. The summed E-state index contributed by atoms with van der Waals surface area (Å²) in [6, 6.07) is 0. The fourth-order valence-electron chi connectivity index (χ4n) is 2.27. The summed E-state index contributed by atoms with van der Waals surface area (Å²) in [7, 11) is 0. The molecule has 2 saturated heterocycles. The molecule has 2 rings (SSSR count). The lowest BCUT2D eigenvalue weighted by Gasteiger charge is -2.28. The monoisotopic (exact) mass is 255 g/mol. The molecule has 0 saturated carbocycles.